The third-order valence-corrected chi connectivity index (χ3v) is 1.96. The van der Waals surface area contributed by atoms with Crippen LogP contribution in [0.1, 0.15) is 0 Å². The first-order valence-corrected chi connectivity index (χ1v) is 8.33. The topological polar surface area (TPSA) is 0 Å². The van der Waals surface area contributed by atoms with Crippen LogP contribution in [0.4, 0.5) is 0 Å². The van der Waals surface area contributed by atoms with Crippen LogP contribution in [0.15, 0.2) is 0 Å². The predicted octanol–water partition coefficient (Wildman–Crippen LogP) is 0.304. The SMILES string of the molecule is C#CC#CC#CC#CC#CC#CC#CC#CC#CC#CC#CC#CC#CC#CC#CC#CC#C. The molecule has 0 atom stereocenters. The highest BCUT2D eigenvalue weighted by Gasteiger charge is 1.60. The van der Waals surface area contributed by atoms with Crippen molar-refractivity contribution in [3.05, 3.63) is 0 Å². The van der Waals surface area contributed by atoms with Crippen LogP contribution >= 0.6 is 0 Å². The van der Waals surface area contributed by atoms with Gasteiger partial charge in [0.2, 0.25) is 0 Å². The quantitative estimate of drug-likeness (QED) is 0.505. The van der Waals surface area contributed by atoms with Crippen LogP contribution in [0, 0.1) is 202 Å². The molecule has 34 heavy (non-hydrogen) atoms. The Morgan fingerprint density at radius 3 is 0.324 bits per heavy atom. The van der Waals surface area contributed by atoms with Crippen molar-refractivity contribution >= 4 is 0 Å². The van der Waals surface area contributed by atoms with Gasteiger partial charge < -0.3 is 0 Å². The van der Waals surface area contributed by atoms with Crippen LogP contribution < -0.4 is 0 Å². The molecule has 0 N–H and O–H groups in total. The maximum atomic E-state index is 4.92. The third kappa shape index (κ3) is 24.5. The average molecular weight is 410 g/mol. The Hall–Kier alpha value is -7.48. The number of terminal acetylenes is 2. The van der Waals surface area contributed by atoms with Gasteiger partial charge in [0.15, 0.2) is 0 Å². The lowest BCUT2D eigenvalue weighted by Gasteiger charge is -1.57. The summed E-state index contributed by atoms with van der Waals surface area (Å²) in [5.41, 5.74) is 0. The fourth-order valence-corrected chi connectivity index (χ4v) is 0.947. The summed E-state index contributed by atoms with van der Waals surface area (Å²) in [6.45, 7) is 0. The lowest BCUT2D eigenvalue weighted by atomic mass is 10.4. The van der Waals surface area contributed by atoms with E-state index in [1.807, 2.05) is 0 Å². The van der Waals surface area contributed by atoms with Gasteiger partial charge in [0.05, 0.1) is 0 Å². The summed E-state index contributed by atoms with van der Waals surface area (Å²) >= 11 is 0. The number of hydrogen-bond acceptors (Lipinski definition) is 0. The van der Waals surface area contributed by atoms with Crippen molar-refractivity contribution in [1.82, 2.24) is 0 Å². The van der Waals surface area contributed by atoms with Crippen LogP contribution in [-0.2, 0) is 0 Å². The summed E-state index contributed by atoms with van der Waals surface area (Å²) in [4.78, 5) is 0. The maximum absolute atomic E-state index is 4.92. The molecule has 0 spiro atoms. The van der Waals surface area contributed by atoms with E-state index in [0.29, 0.717) is 0 Å². The summed E-state index contributed by atoms with van der Waals surface area (Å²) in [5, 5.41) is 0. The van der Waals surface area contributed by atoms with E-state index in [1.165, 1.54) is 0 Å². The van der Waals surface area contributed by atoms with E-state index in [0.717, 1.165) is 0 Å². The van der Waals surface area contributed by atoms with E-state index in [-0.39, 0.29) is 0 Å². The monoisotopic (exact) mass is 410 g/mol. The summed E-state index contributed by atoms with van der Waals surface area (Å²) in [7, 11) is 0. The second kappa shape index (κ2) is 25.5. The first kappa shape index (κ1) is 26.5. The van der Waals surface area contributed by atoms with Gasteiger partial charge in [-0.25, -0.2) is 0 Å². The Labute approximate surface area is 202 Å². The molecule has 0 bridgehead atoms. The summed E-state index contributed by atoms with van der Waals surface area (Å²) in [5.74, 6) is 78.2. The van der Waals surface area contributed by atoms with Crippen molar-refractivity contribution in [1.29, 1.82) is 0 Å². The molecule has 0 heterocycles. The molecule has 0 saturated carbocycles. The second-order valence-corrected chi connectivity index (χ2v) is 4.04. The van der Waals surface area contributed by atoms with E-state index >= 15 is 0 Å². The van der Waals surface area contributed by atoms with E-state index in [9.17, 15) is 0 Å². The highest BCUT2D eigenvalue weighted by Crippen LogP contribution is 1.60. The third-order valence-electron chi connectivity index (χ3n) is 1.96. The second-order valence-electron chi connectivity index (χ2n) is 4.04. The fourth-order valence-electron chi connectivity index (χ4n) is 0.947. The smallest absolute Gasteiger partial charge is 0 e. The maximum Gasteiger partial charge on any atom is 0 e. The first-order chi connectivity index (χ1) is 16.9. The molecule has 0 fully saturated rings. The standard InChI is InChI=1S/C34H2/c1-3-5-7-9-11-13-15-17-19-21-23-25-27-29-31-33-34-32-30-28-26-24-22-20-18-16-14-12-10-8-6-4-2/h1-2H. The highest BCUT2D eigenvalue weighted by molar-refractivity contribution is 5.49. The van der Waals surface area contributed by atoms with Gasteiger partial charge >= 0.3 is 0 Å². The molecule has 0 aliphatic heterocycles. The fraction of sp³-hybridized carbons (Fsp3) is 0. The number of hydrogen-bond donors (Lipinski definition) is 0. The molecule has 0 aliphatic carbocycles. The lowest BCUT2D eigenvalue weighted by Crippen LogP contribution is -1.57. The Balaban J connectivity index is 4.49. The molecule has 0 aromatic rings. The minimum Gasteiger partial charge on any atom is -0.106 e. The molecule has 0 aliphatic rings. The Morgan fingerprint density at radius 2 is 0.235 bits per heavy atom. The zero-order chi connectivity index (χ0) is 24.6. The van der Waals surface area contributed by atoms with E-state index in [2.05, 4.69) is 189 Å². The molecular formula is C34H2. The summed E-state index contributed by atoms with van der Waals surface area (Å²) < 4.78 is 0. The molecule has 0 nitrogen and oxygen atoms in total. The van der Waals surface area contributed by atoms with Crippen LogP contribution in [-0.4, -0.2) is 0 Å². The Morgan fingerprint density at radius 1 is 0.147 bits per heavy atom. The summed E-state index contributed by atoms with van der Waals surface area (Å²) in [6.07, 6.45) is 9.85. The minimum absolute atomic E-state index is 2.12. The van der Waals surface area contributed by atoms with Crippen molar-refractivity contribution in [2.24, 2.45) is 0 Å². The van der Waals surface area contributed by atoms with Crippen molar-refractivity contribution in [2.45, 2.75) is 0 Å². The van der Waals surface area contributed by atoms with Gasteiger partial charge in [-0.05, 0) is 94.7 Å². The number of rotatable bonds is 0. The lowest BCUT2D eigenvalue weighted by molar-refractivity contribution is 2.32. The summed E-state index contributed by atoms with van der Waals surface area (Å²) in [6, 6.07) is 0. The van der Waals surface area contributed by atoms with E-state index < -0.39 is 0 Å². The molecule has 0 aromatic carbocycles. The van der Waals surface area contributed by atoms with Crippen LogP contribution in [0.3, 0.4) is 0 Å². The van der Waals surface area contributed by atoms with Gasteiger partial charge in [-0.1, -0.05) is 0 Å². The van der Waals surface area contributed by atoms with E-state index in [4.69, 9.17) is 12.8 Å². The van der Waals surface area contributed by atoms with Crippen molar-refractivity contribution in [3.63, 3.8) is 0 Å². The molecule has 0 unspecified atom stereocenters. The Bertz CT molecular complexity index is 1740. The van der Waals surface area contributed by atoms with Crippen LogP contribution in [0.5, 0.6) is 0 Å². The molecule has 0 amide bonds. The van der Waals surface area contributed by atoms with Gasteiger partial charge in [-0.15, -0.1) is 12.8 Å². The Kier molecular flexibility index (Phi) is 19.9. The molecule has 0 rings (SSSR count). The largest absolute Gasteiger partial charge is 0.106 e. The van der Waals surface area contributed by atoms with Crippen molar-refractivity contribution in [3.8, 4) is 202 Å². The average Bonchev–Trinajstić information content (AvgIpc) is 2.85. The van der Waals surface area contributed by atoms with Crippen LogP contribution in [0.25, 0.3) is 0 Å². The van der Waals surface area contributed by atoms with Gasteiger partial charge in [-0.3, -0.25) is 0 Å². The predicted molar refractivity (Wildman–Crippen MR) is 134 cm³/mol. The van der Waals surface area contributed by atoms with E-state index in [1.54, 1.807) is 0 Å². The first-order valence-electron chi connectivity index (χ1n) is 8.33. The molecule has 0 saturated heterocycles. The van der Waals surface area contributed by atoms with Crippen molar-refractivity contribution in [2.75, 3.05) is 0 Å². The highest BCUT2D eigenvalue weighted by atomic mass is 13.6. The van der Waals surface area contributed by atoms with Gasteiger partial charge in [0.25, 0.3) is 0 Å². The van der Waals surface area contributed by atoms with Gasteiger partial charge in [-0.2, -0.15) is 0 Å². The zero-order valence-electron chi connectivity index (χ0n) is 17.2. The van der Waals surface area contributed by atoms with Crippen LogP contribution in [0.2, 0.25) is 0 Å². The van der Waals surface area contributed by atoms with Gasteiger partial charge in [0.1, 0.15) is 0 Å². The molecule has 0 heteroatoms. The minimum atomic E-state index is 2.12. The van der Waals surface area contributed by atoms with Crippen molar-refractivity contribution < 1.29 is 0 Å². The molecule has 138 valence electrons. The van der Waals surface area contributed by atoms with Gasteiger partial charge in [0, 0.05) is 94.7 Å². The normalized spacial score (nSPS) is 3.82. The molecule has 0 aromatic heterocycles. The molecule has 0 radical (unpaired) electrons. The molecular weight excluding hydrogens is 408 g/mol. The zero-order valence-corrected chi connectivity index (χ0v) is 17.2.